The summed E-state index contributed by atoms with van der Waals surface area (Å²) >= 11 is 0. The molecule has 0 bridgehead atoms. The zero-order valence-corrected chi connectivity index (χ0v) is 20.6. The second-order valence-electron chi connectivity index (χ2n) is 9.23. The molecule has 3 aromatic carbocycles. The van der Waals surface area contributed by atoms with Crippen LogP contribution in [0.5, 0.6) is 0 Å². The van der Waals surface area contributed by atoms with Crippen molar-refractivity contribution in [3.8, 4) is 0 Å². The Hall–Kier alpha value is -3.80. The van der Waals surface area contributed by atoms with Crippen molar-refractivity contribution in [3.05, 3.63) is 95.1 Å². The summed E-state index contributed by atoms with van der Waals surface area (Å²) in [4.78, 5) is 27.0. The van der Waals surface area contributed by atoms with Crippen LogP contribution in [-0.2, 0) is 27.3 Å². The normalized spacial score (nSPS) is 14.1. The second-order valence-corrected chi connectivity index (χ2v) is 9.23. The molecule has 6 heteroatoms. The van der Waals surface area contributed by atoms with Gasteiger partial charge in [-0.15, -0.1) is 0 Å². The van der Waals surface area contributed by atoms with E-state index < -0.39 is 6.04 Å². The van der Waals surface area contributed by atoms with E-state index in [1.807, 2.05) is 31.2 Å². The molecule has 6 nitrogen and oxygen atoms in total. The molecule has 1 aliphatic rings. The van der Waals surface area contributed by atoms with E-state index in [-0.39, 0.29) is 17.8 Å². The number of anilines is 2. The smallest absolute Gasteiger partial charge is 0.312 e. The Morgan fingerprint density at radius 2 is 1.46 bits per heavy atom. The molecule has 0 aliphatic carbocycles. The van der Waals surface area contributed by atoms with E-state index in [0.29, 0.717) is 26.1 Å². The molecule has 0 aromatic heterocycles. The number of carbonyl (C=O) groups is 2. The summed E-state index contributed by atoms with van der Waals surface area (Å²) in [5.41, 5.74) is 6.48. The summed E-state index contributed by atoms with van der Waals surface area (Å²) in [7, 11) is 1.38. The van der Waals surface area contributed by atoms with Gasteiger partial charge in [0.05, 0.1) is 24.4 Å². The number of hydrogen-bond acceptors (Lipinski definition) is 5. The lowest BCUT2D eigenvalue weighted by Gasteiger charge is -2.39. The van der Waals surface area contributed by atoms with Crippen LogP contribution in [-0.4, -0.2) is 43.0 Å². The van der Waals surface area contributed by atoms with Gasteiger partial charge in [0.25, 0.3) is 0 Å². The Morgan fingerprint density at radius 3 is 2.06 bits per heavy atom. The Bertz CT molecular complexity index is 1150. The number of benzene rings is 3. The first kappa shape index (κ1) is 24.3. The minimum Gasteiger partial charge on any atom is -0.469 e. The highest BCUT2D eigenvalue weighted by atomic mass is 16.5. The molecule has 0 saturated carbocycles. The average Bonchev–Trinajstić information content (AvgIpc) is 2.84. The number of methoxy groups -OCH3 is 1. The molecule has 2 N–H and O–H groups in total. The summed E-state index contributed by atoms with van der Waals surface area (Å²) in [5, 5.41) is 7.00. The number of para-hydroxylation sites is 2. The minimum absolute atomic E-state index is 0.0148. The number of aryl methyl sites for hydroxylation is 2. The van der Waals surface area contributed by atoms with Crippen LogP contribution >= 0.6 is 0 Å². The summed E-state index contributed by atoms with van der Waals surface area (Å²) in [6.07, 6.45) is 0.546. The van der Waals surface area contributed by atoms with Gasteiger partial charge in [-0.05, 0) is 37.1 Å². The maximum absolute atomic E-state index is 13.5. The van der Waals surface area contributed by atoms with Crippen molar-refractivity contribution in [2.45, 2.75) is 32.9 Å². The van der Waals surface area contributed by atoms with Crippen molar-refractivity contribution in [1.82, 2.24) is 4.90 Å². The summed E-state index contributed by atoms with van der Waals surface area (Å²) < 4.78 is 4.83. The van der Waals surface area contributed by atoms with Crippen molar-refractivity contribution in [3.63, 3.8) is 0 Å². The summed E-state index contributed by atoms with van der Waals surface area (Å²) in [6.45, 7) is 5.60. The third-order valence-corrected chi connectivity index (χ3v) is 6.45. The van der Waals surface area contributed by atoms with Gasteiger partial charge in [-0.3, -0.25) is 9.59 Å². The van der Waals surface area contributed by atoms with Crippen LogP contribution in [0.3, 0.4) is 0 Å². The van der Waals surface area contributed by atoms with Crippen LogP contribution in [0.2, 0.25) is 0 Å². The number of amides is 1. The first-order valence-corrected chi connectivity index (χ1v) is 12.0. The number of likely N-dealkylation sites (tertiary alicyclic amines) is 1. The standard InChI is InChI=1S/C29H33N3O3/c1-20-8-12-22(13-9-20)16-27(28(33)32-18-24(19-32)29(34)35-3)31-26-7-5-4-6-25(26)30-17-23-14-10-21(2)11-15-23/h4-15,24,27,30-31H,16-19H2,1-3H3. The van der Waals surface area contributed by atoms with E-state index in [2.05, 4.69) is 66.1 Å². The Kier molecular flexibility index (Phi) is 7.70. The average molecular weight is 472 g/mol. The van der Waals surface area contributed by atoms with Crippen LogP contribution < -0.4 is 10.6 Å². The third-order valence-electron chi connectivity index (χ3n) is 6.45. The first-order valence-electron chi connectivity index (χ1n) is 12.0. The molecular formula is C29H33N3O3. The van der Waals surface area contributed by atoms with Gasteiger partial charge in [0.1, 0.15) is 6.04 Å². The molecule has 4 rings (SSSR count). The van der Waals surface area contributed by atoms with Crippen LogP contribution in [0.15, 0.2) is 72.8 Å². The SMILES string of the molecule is COC(=O)C1CN(C(=O)C(Cc2ccc(C)cc2)Nc2ccccc2NCc2ccc(C)cc2)C1. The Labute approximate surface area is 207 Å². The van der Waals surface area contributed by atoms with Crippen molar-refractivity contribution in [2.24, 2.45) is 5.92 Å². The molecule has 1 unspecified atom stereocenters. The largest absolute Gasteiger partial charge is 0.469 e. The van der Waals surface area contributed by atoms with Gasteiger partial charge >= 0.3 is 5.97 Å². The van der Waals surface area contributed by atoms with E-state index in [1.165, 1.54) is 23.8 Å². The van der Waals surface area contributed by atoms with Gasteiger partial charge in [-0.1, -0.05) is 71.8 Å². The quantitative estimate of drug-likeness (QED) is 0.448. The number of nitrogens with one attached hydrogen (secondary N) is 2. The highest BCUT2D eigenvalue weighted by Gasteiger charge is 2.39. The van der Waals surface area contributed by atoms with Gasteiger partial charge < -0.3 is 20.3 Å². The molecule has 3 aromatic rings. The lowest BCUT2D eigenvalue weighted by atomic mass is 9.96. The lowest BCUT2D eigenvalue weighted by Crippen LogP contribution is -2.57. The van der Waals surface area contributed by atoms with E-state index >= 15 is 0 Å². The molecule has 1 heterocycles. The van der Waals surface area contributed by atoms with Gasteiger partial charge in [0.15, 0.2) is 0 Å². The Morgan fingerprint density at radius 1 is 0.886 bits per heavy atom. The third kappa shape index (κ3) is 6.21. The maximum atomic E-state index is 13.5. The Balaban J connectivity index is 1.50. The fourth-order valence-electron chi connectivity index (χ4n) is 4.21. The van der Waals surface area contributed by atoms with E-state index in [0.717, 1.165) is 16.9 Å². The molecule has 0 radical (unpaired) electrons. The predicted molar refractivity (Wildman–Crippen MR) is 139 cm³/mol. The predicted octanol–water partition coefficient (Wildman–Crippen LogP) is 4.57. The lowest BCUT2D eigenvalue weighted by molar-refractivity contribution is -0.155. The molecule has 1 atom stereocenters. The van der Waals surface area contributed by atoms with Crippen molar-refractivity contribution < 1.29 is 14.3 Å². The zero-order chi connectivity index (χ0) is 24.8. The van der Waals surface area contributed by atoms with Crippen molar-refractivity contribution in [1.29, 1.82) is 0 Å². The van der Waals surface area contributed by atoms with E-state index in [1.54, 1.807) is 4.90 Å². The van der Waals surface area contributed by atoms with Crippen LogP contribution in [0.25, 0.3) is 0 Å². The number of hydrogen-bond donors (Lipinski definition) is 2. The molecule has 0 spiro atoms. The maximum Gasteiger partial charge on any atom is 0.312 e. The van der Waals surface area contributed by atoms with Gasteiger partial charge in [0, 0.05) is 26.1 Å². The molecule has 35 heavy (non-hydrogen) atoms. The number of ether oxygens (including phenoxy) is 1. The molecular weight excluding hydrogens is 438 g/mol. The van der Waals surface area contributed by atoms with Crippen LogP contribution in [0, 0.1) is 19.8 Å². The van der Waals surface area contributed by atoms with E-state index in [4.69, 9.17) is 4.74 Å². The van der Waals surface area contributed by atoms with Crippen molar-refractivity contribution in [2.75, 3.05) is 30.8 Å². The van der Waals surface area contributed by atoms with Gasteiger partial charge in [-0.25, -0.2) is 0 Å². The molecule has 1 amide bonds. The van der Waals surface area contributed by atoms with Gasteiger partial charge in [0.2, 0.25) is 5.91 Å². The van der Waals surface area contributed by atoms with Gasteiger partial charge in [-0.2, -0.15) is 0 Å². The fourth-order valence-corrected chi connectivity index (χ4v) is 4.21. The van der Waals surface area contributed by atoms with Crippen LogP contribution in [0.4, 0.5) is 11.4 Å². The summed E-state index contributed by atoms with van der Waals surface area (Å²) in [5.74, 6) is -0.519. The second kappa shape index (κ2) is 11.1. The molecule has 1 aliphatic heterocycles. The topological polar surface area (TPSA) is 70.7 Å². The highest BCUT2D eigenvalue weighted by Crippen LogP contribution is 2.26. The number of esters is 1. The number of rotatable bonds is 9. The highest BCUT2D eigenvalue weighted by molar-refractivity contribution is 5.89. The van der Waals surface area contributed by atoms with E-state index in [9.17, 15) is 9.59 Å². The molecule has 1 saturated heterocycles. The summed E-state index contributed by atoms with van der Waals surface area (Å²) in [6, 6.07) is 24.2. The van der Waals surface area contributed by atoms with Crippen LogP contribution in [0.1, 0.15) is 22.3 Å². The number of carbonyl (C=O) groups excluding carboxylic acids is 2. The molecule has 182 valence electrons. The zero-order valence-electron chi connectivity index (χ0n) is 20.6. The minimum atomic E-state index is -0.460. The monoisotopic (exact) mass is 471 g/mol. The fraction of sp³-hybridized carbons (Fsp3) is 0.310. The number of nitrogens with zero attached hydrogens (tertiary/aromatic N) is 1. The molecule has 1 fully saturated rings. The first-order chi connectivity index (χ1) is 16.9. The van der Waals surface area contributed by atoms with Crippen molar-refractivity contribution >= 4 is 23.3 Å².